The van der Waals surface area contributed by atoms with Gasteiger partial charge in [0.15, 0.2) is 6.61 Å². The predicted octanol–water partition coefficient (Wildman–Crippen LogP) is 3.47. The topological polar surface area (TPSA) is 94.1 Å². The second-order valence-corrected chi connectivity index (χ2v) is 6.64. The second-order valence-electron chi connectivity index (χ2n) is 6.64. The maximum Gasteiger partial charge on any atom is 0.342 e. The number of methoxy groups -OCH3 is 2. The molecule has 3 aromatic carbocycles. The standard InChI is InChI=1S/C24H23NO6/c1-29-18-10-8-17(9-11-18)23(16-6-4-3-5-7-16)25-22(27)15-31-24(28)20-13-12-19(30-2)14-21(20)26/h3-14,23,26H,15H2,1-2H3,(H,25,27)/t23-/m0/s1. The highest BCUT2D eigenvalue weighted by molar-refractivity contribution is 5.94. The van der Waals surface area contributed by atoms with E-state index in [1.807, 2.05) is 54.6 Å². The number of esters is 1. The van der Waals surface area contributed by atoms with Crippen LogP contribution in [0.2, 0.25) is 0 Å². The van der Waals surface area contributed by atoms with Crippen molar-refractivity contribution in [2.75, 3.05) is 20.8 Å². The third-order valence-corrected chi connectivity index (χ3v) is 4.65. The van der Waals surface area contributed by atoms with E-state index in [1.165, 1.54) is 25.3 Å². The Bertz CT molecular complexity index is 1030. The van der Waals surface area contributed by atoms with Crippen LogP contribution in [0.3, 0.4) is 0 Å². The molecule has 2 N–H and O–H groups in total. The van der Waals surface area contributed by atoms with Crippen LogP contribution >= 0.6 is 0 Å². The van der Waals surface area contributed by atoms with Crippen LogP contribution in [-0.4, -0.2) is 37.8 Å². The molecule has 1 atom stereocenters. The molecular weight excluding hydrogens is 398 g/mol. The zero-order valence-corrected chi connectivity index (χ0v) is 17.2. The second kappa shape index (κ2) is 10.2. The number of aromatic hydroxyl groups is 1. The molecular formula is C24H23NO6. The van der Waals surface area contributed by atoms with Crippen molar-refractivity contribution in [1.82, 2.24) is 5.32 Å². The fraction of sp³-hybridized carbons (Fsp3) is 0.167. The average molecular weight is 421 g/mol. The minimum Gasteiger partial charge on any atom is -0.507 e. The summed E-state index contributed by atoms with van der Waals surface area (Å²) < 4.78 is 15.3. The normalized spacial score (nSPS) is 11.3. The van der Waals surface area contributed by atoms with Gasteiger partial charge in [-0.15, -0.1) is 0 Å². The Labute approximate surface area is 180 Å². The van der Waals surface area contributed by atoms with Crippen LogP contribution in [0.25, 0.3) is 0 Å². The number of hydrogen-bond donors (Lipinski definition) is 2. The summed E-state index contributed by atoms with van der Waals surface area (Å²) in [5, 5.41) is 12.8. The molecule has 160 valence electrons. The van der Waals surface area contributed by atoms with Crippen LogP contribution in [0.1, 0.15) is 27.5 Å². The molecule has 7 heteroatoms. The highest BCUT2D eigenvalue weighted by atomic mass is 16.5. The van der Waals surface area contributed by atoms with E-state index >= 15 is 0 Å². The molecule has 7 nitrogen and oxygen atoms in total. The van der Waals surface area contributed by atoms with Gasteiger partial charge in [0, 0.05) is 6.07 Å². The maximum absolute atomic E-state index is 12.5. The zero-order chi connectivity index (χ0) is 22.2. The molecule has 0 radical (unpaired) electrons. The van der Waals surface area contributed by atoms with E-state index in [9.17, 15) is 14.7 Å². The smallest absolute Gasteiger partial charge is 0.342 e. The number of benzene rings is 3. The zero-order valence-electron chi connectivity index (χ0n) is 17.2. The average Bonchev–Trinajstić information content (AvgIpc) is 2.81. The molecule has 1 amide bonds. The third kappa shape index (κ3) is 5.54. The van der Waals surface area contributed by atoms with Crippen LogP contribution in [-0.2, 0) is 9.53 Å². The van der Waals surface area contributed by atoms with Gasteiger partial charge in [-0.2, -0.15) is 0 Å². The van der Waals surface area contributed by atoms with Crippen molar-refractivity contribution in [1.29, 1.82) is 0 Å². The van der Waals surface area contributed by atoms with E-state index in [0.717, 1.165) is 11.1 Å². The lowest BCUT2D eigenvalue weighted by molar-refractivity contribution is -0.124. The third-order valence-electron chi connectivity index (χ3n) is 4.65. The first-order valence-electron chi connectivity index (χ1n) is 9.54. The Morgan fingerprint density at radius 3 is 2.10 bits per heavy atom. The largest absolute Gasteiger partial charge is 0.507 e. The van der Waals surface area contributed by atoms with E-state index in [2.05, 4.69) is 5.32 Å². The molecule has 0 bridgehead atoms. The summed E-state index contributed by atoms with van der Waals surface area (Å²) in [5.41, 5.74) is 1.67. The number of phenolic OH excluding ortho intramolecular Hbond substituents is 1. The van der Waals surface area contributed by atoms with Gasteiger partial charge in [0.05, 0.1) is 20.3 Å². The molecule has 0 aromatic heterocycles. The molecule has 0 spiro atoms. The predicted molar refractivity (Wildman–Crippen MR) is 114 cm³/mol. The molecule has 0 fully saturated rings. The number of ether oxygens (including phenoxy) is 3. The first-order valence-corrected chi connectivity index (χ1v) is 9.54. The highest BCUT2D eigenvalue weighted by Crippen LogP contribution is 2.25. The minimum absolute atomic E-state index is 0.0524. The van der Waals surface area contributed by atoms with Crippen molar-refractivity contribution in [2.24, 2.45) is 0 Å². The van der Waals surface area contributed by atoms with Gasteiger partial charge in [0.2, 0.25) is 0 Å². The van der Waals surface area contributed by atoms with Gasteiger partial charge in [-0.1, -0.05) is 42.5 Å². The molecule has 0 saturated heterocycles. The van der Waals surface area contributed by atoms with Crippen molar-refractivity contribution in [2.45, 2.75) is 6.04 Å². The maximum atomic E-state index is 12.5. The highest BCUT2D eigenvalue weighted by Gasteiger charge is 2.19. The fourth-order valence-electron chi connectivity index (χ4n) is 3.02. The van der Waals surface area contributed by atoms with E-state index in [-0.39, 0.29) is 11.3 Å². The number of carbonyl (C=O) groups is 2. The molecule has 31 heavy (non-hydrogen) atoms. The van der Waals surface area contributed by atoms with Gasteiger partial charge in [0.1, 0.15) is 22.8 Å². The van der Waals surface area contributed by atoms with Crippen molar-refractivity contribution >= 4 is 11.9 Å². The number of carbonyl (C=O) groups excluding carboxylic acids is 2. The Morgan fingerprint density at radius 1 is 0.871 bits per heavy atom. The molecule has 0 aliphatic rings. The van der Waals surface area contributed by atoms with Gasteiger partial charge in [-0.3, -0.25) is 4.79 Å². The monoisotopic (exact) mass is 421 g/mol. The van der Waals surface area contributed by atoms with Crippen molar-refractivity contribution in [3.05, 3.63) is 89.5 Å². The van der Waals surface area contributed by atoms with E-state index in [0.29, 0.717) is 11.5 Å². The van der Waals surface area contributed by atoms with Gasteiger partial charge in [-0.05, 0) is 35.4 Å². The number of hydrogen-bond acceptors (Lipinski definition) is 6. The van der Waals surface area contributed by atoms with Crippen LogP contribution in [0, 0.1) is 0 Å². The number of rotatable bonds is 8. The molecule has 0 aliphatic carbocycles. The SMILES string of the molecule is COc1ccc([C@@H](NC(=O)COC(=O)c2ccc(OC)cc2O)c2ccccc2)cc1. The molecule has 3 aromatic rings. The summed E-state index contributed by atoms with van der Waals surface area (Å²) in [6.07, 6.45) is 0. The van der Waals surface area contributed by atoms with Crippen LogP contribution in [0.15, 0.2) is 72.8 Å². The fourth-order valence-corrected chi connectivity index (χ4v) is 3.02. The van der Waals surface area contributed by atoms with Crippen LogP contribution < -0.4 is 14.8 Å². The summed E-state index contributed by atoms with van der Waals surface area (Å²) in [5.74, 6) is -0.473. The Hall–Kier alpha value is -4.00. The number of amides is 1. The lowest BCUT2D eigenvalue weighted by Gasteiger charge is -2.20. The van der Waals surface area contributed by atoms with Gasteiger partial charge in [-0.25, -0.2) is 4.79 Å². The molecule has 0 heterocycles. The lowest BCUT2D eigenvalue weighted by Crippen LogP contribution is -2.33. The summed E-state index contributed by atoms with van der Waals surface area (Å²) in [7, 11) is 3.03. The van der Waals surface area contributed by atoms with Gasteiger partial charge in [0.25, 0.3) is 5.91 Å². The van der Waals surface area contributed by atoms with Crippen molar-refractivity contribution < 1.29 is 28.9 Å². The summed E-state index contributed by atoms with van der Waals surface area (Å²) in [4.78, 5) is 24.8. The molecule has 0 unspecified atom stereocenters. The summed E-state index contributed by atoms with van der Waals surface area (Å²) in [6, 6.07) is 20.5. The summed E-state index contributed by atoms with van der Waals surface area (Å²) >= 11 is 0. The van der Waals surface area contributed by atoms with Crippen LogP contribution in [0.4, 0.5) is 0 Å². The van der Waals surface area contributed by atoms with Crippen molar-refractivity contribution in [3.63, 3.8) is 0 Å². The first kappa shape index (κ1) is 21.7. The minimum atomic E-state index is -0.809. The number of nitrogens with one attached hydrogen (secondary N) is 1. The van der Waals surface area contributed by atoms with Crippen LogP contribution in [0.5, 0.6) is 17.2 Å². The Kier molecular flexibility index (Phi) is 7.11. The Morgan fingerprint density at radius 2 is 1.48 bits per heavy atom. The lowest BCUT2D eigenvalue weighted by atomic mass is 9.98. The van der Waals surface area contributed by atoms with Gasteiger partial charge >= 0.3 is 5.97 Å². The summed E-state index contributed by atoms with van der Waals surface area (Å²) in [6.45, 7) is -0.496. The van der Waals surface area contributed by atoms with E-state index in [4.69, 9.17) is 14.2 Å². The van der Waals surface area contributed by atoms with E-state index < -0.39 is 24.5 Å². The van der Waals surface area contributed by atoms with Gasteiger partial charge < -0.3 is 24.6 Å². The molecule has 0 aliphatic heterocycles. The van der Waals surface area contributed by atoms with E-state index in [1.54, 1.807) is 7.11 Å². The first-order chi connectivity index (χ1) is 15.0. The molecule has 0 saturated carbocycles. The number of phenols is 1. The van der Waals surface area contributed by atoms with Crippen molar-refractivity contribution in [3.8, 4) is 17.2 Å². The quantitative estimate of drug-likeness (QED) is 0.541. The molecule has 3 rings (SSSR count). The Balaban J connectivity index is 1.69.